The Bertz CT molecular complexity index is 463. The number of thiophene rings is 1. The minimum Gasteiger partial charge on any atom is -0.381 e. The fourth-order valence-corrected chi connectivity index (χ4v) is 3.90. The first kappa shape index (κ1) is 20.2. The van der Waals surface area contributed by atoms with Crippen LogP contribution >= 0.6 is 51.2 Å². The van der Waals surface area contributed by atoms with Gasteiger partial charge in [-0.05, 0) is 41.4 Å². The van der Waals surface area contributed by atoms with Gasteiger partial charge in [0.2, 0.25) is 0 Å². The van der Waals surface area contributed by atoms with E-state index >= 15 is 0 Å². The van der Waals surface area contributed by atoms with Crippen LogP contribution in [0.15, 0.2) is 20.9 Å². The first-order valence-electron chi connectivity index (χ1n) is 7.50. The van der Waals surface area contributed by atoms with Crippen molar-refractivity contribution in [2.75, 3.05) is 39.9 Å². The van der Waals surface area contributed by atoms with E-state index in [-0.39, 0.29) is 24.0 Å². The van der Waals surface area contributed by atoms with Gasteiger partial charge >= 0.3 is 0 Å². The third kappa shape index (κ3) is 6.72. The SMILES string of the molecule is CCNC(=NCCc1ccc(Br)s1)N(C)CC1CCOC1.I. The lowest BCUT2D eigenvalue weighted by Crippen LogP contribution is -2.41. The zero-order chi connectivity index (χ0) is 15.1. The van der Waals surface area contributed by atoms with Crippen molar-refractivity contribution in [1.82, 2.24) is 10.2 Å². The van der Waals surface area contributed by atoms with E-state index in [1.54, 1.807) is 11.3 Å². The minimum atomic E-state index is 0. The van der Waals surface area contributed by atoms with Crippen molar-refractivity contribution in [2.24, 2.45) is 10.9 Å². The molecule has 1 unspecified atom stereocenters. The van der Waals surface area contributed by atoms with Crippen LogP contribution in [-0.2, 0) is 11.2 Å². The number of rotatable bonds is 6. The zero-order valence-electron chi connectivity index (χ0n) is 13.2. The van der Waals surface area contributed by atoms with Gasteiger partial charge in [0.1, 0.15) is 0 Å². The smallest absolute Gasteiger partial charge is 0.193 e. The molecule has 126 valence electrons. The van der Waals surface area contributed by atoms with Gasteiger partial charge in [0, 0.05) is 50.5 Å². The number of hydrogen-bond acceptors (Lipinski definition) is 3. The molecule has 1 fully saturated rings. The molecule has 0 spiro atoms. The molecule has 0 aromatic carbocycles. The van der Waals surface area contributed by atoms with Crippen LogP contribution in [0.2, 0.25) is 0 Å². The van der Waals surface area contributed by atoms with Crippen molar-refractivity contribution in [3.63, 3.8) is 0 Å². The first-order chi connectivity index (χ1) is 10.2. The third-order valence-corrected chi connectivity index (χ3v) is 5.18. The maximum Gasteiger partial charge on any atom is 0.193 e. The quantitative estimate of drug-likeness (QED) is 0.367. The summed E-state index contributed by atoms with van der Waals surface area (Å²) in [7, 11) is 2.11. The monoisotopic (exact) mass is 501 g/mol. The summed E-state index contributed by atoms with van der Waals surface area (Å²) in [6.07, 6.45) is 2.15. The second-order valence-corrected chi connectivity index (χ2v) is 7.85. The molecule has 1 N–H and O–H groups in total. The van der Waals surface area contributed by atoms with Gasteiger partial charge in [-0.3, -0.25) is 4.99 Å². The van der Waals surface area contributed by atoms with E-state index in [4.69, 9.17) is 9.73 Å². The van der Waals surface area contributed by atoms with E-state index in [2.05, 4.69) is 52.3 Å². The number of nitrogens with one attached hydrogen (secondary N) is 1. The second-order valence-electron chi connectivity index (χ2n) is 5.30. The highest BCUT2D eigenvalue weighted by molar-refractivity contribution is 14.0. The van der Waals surface area contributed by atoms with Crippen molar-refractivity contribution in [3.05, 3.63) is 20.8 Å². The van der Waals surface area contributed by atoms with Crippen LogP contribution in [0.1, 0.15) is 18.2 Å². The van der Waals surface area contributed by atoms with E-state index in [1.807, 2.05) is 0 Å². The molecule has 0 saturated carbocycles. The van der Waals surface area contributed by atoms with Gasteiger partial charge in [-0.1, -0.05) is 0 Å². The number of nitrogens with zero attached hydrogens (tertiary/aromatic N) is 2. The van der Waals surface area contributed by atoms with E-state index in [0.717, 1.165) is 51.6 Å². The van der Waals surface area contributed by atoms with Crippen molar-refractivity contribution < 1.29 is 4.74 Å². The number of halogens is 2. The van der Waals surface area contributed by atoms with Gasteiger partial charge in [0.25, 0.3) is 0 Å². The lowest BCUT2D eigenvalue weighted by Gasteiger charge is -2.24. The van der Waals surface area contributed by atoms with Crippen molar-refractivity contribution in [1.29, 1.82) is 0 Å². The fourth-order valence-electron chi connectivity index (χ4n) is 2.43. The van der Waals surface area contributed by atoms with Gasteiger partial charge < -0.3 is 15.0 Å². The Morgan fingerprint density at radius 1 is 1.55 bits per heavy atom. The topological polar surface area (TPSA) is 36.9 Å². The Kier molecular flexibility index (Phi) is 9.94. The Balaban J connectivity index is 0.00000242. The predicted molar refractivity (Wildman–Crippen MR) is 109 cm³/mol. The summed E-state index contributed by atoms with van der Waals surface area (Å²) < 4.78 is 6.64. The van der Waals surface area contributed by atoms with Crippen LogP contribution < -0.4 is 5.32 Å². The molecular weight excluding hydrogens is 477 g/mol. The Morgan fingerprint density at radius 2 is 2.36 bits per heavy atom. The molecule has 1 aromatic heterocycles. The average molecular weight is 502 g/mol. The van der Waals surface area contributed by atoms with Crippen LogP contribution in [0, 0.1) is 5.92 Å². The summed E-state index contributed by atoms with van der Waals surface area (Å²) in [5.41, 5.74) is 0. The standard InChI is InChI=1S/C15H24BrN3OS.HI/c1-3-17-15(19(2)10-12-7-9-20-11-12)18-8-6-13-4-5-14(16)21-13;/h4-5,12H,3,6-11H2,1-2H3,(H,17,18);1H. The van der Waals surface area contributed by atoms with Gasteiger partial charge in [0.05, 0.1) is 10.4 Å². The van der Waals surface area contributed by atoms with Gasteiger partial charge in [-0.15, -0.1) is 35.3 Å². The molecule has 0 amide bonds. The van der Waals surface area contributed by atoms with Crippen molar-refractivity contribution >= 4 is 57.2 Å². The van der Waals surface area contributed by atoms with E-state index in [1.165, 1.54) is 8.66 Å². The lowest BCUT2D eigenvalue weighted by molar-refractivity contribution is 0.181. The first-order valence-corrected chi connectivity index (χ1v) is 9.11. The fraction of sp³-hybridized carbons (Fsp3) is 0.667. The Labute approximate surface area is 162 Å². The van der Waals surface area contributed by atoms with Crippen LogP contribution in [0.25, 0.3) is 0 Å². The second kappa shape index (κ2) is 10.8. The molecule has 1 aliphatic rings. The molecule has 1 saturated heterocycles. The zero-order valence-corrected chi connectivity index (χ0v) is 17.9. The summed E-state index contributed by atoms with van der Waals surface area (Å²) in [4.78, 5) is 8.34. The summed E-state index contributed by atoms with van der Waals surface area (Å²) in [6.45, 7) is 6.62. The molecule has 1 aliphatic heterocycles. The van der Waals surface area contributed by atoms with Crippen LogP contribution in [0.3, 0.4) is 0 Å². The molecule has 4 nitrogen and oxygen atoms in total. The molecule has 1 atom stereocenters. The normalized spacial score (nSPS) is 18.1. The molecule has 1 aromatic rings. The van der Waals surface area contributed by atoms with Crippen molar-refractivity contribution in [2.45, 2.75) is 19.8 Å². The molecule has 7 heteroatoms. The van der Waals surface area contributed by atoms with Crippen molar-refractivity contribution in [3.8, 4) is 0 Å². The maximum absolute atomic E-state index is 5.45. The summed E-state index contributed by atoms with van der Waals surface area (Å²) >= 11 is 5.28. The van der Waals surface area contributed by atoms with E-state index in [0.29, 0.717) is 5.92 Å². The van der Waals surface area contributed by atoms with Crippen LogP contribution in [-0.4, -0.2) is 50.8 Å². The highest BCUT2D eigenvalue weighted by atomic mass is 127. The predicted octanol–water partition coefficient (Wildman–Crippen LogP) is 3.60. The van der Waals surface area contributed by atoms with E-state index < -0.39 is 0 Å². The molecule has 2 heterocycles. The van der Waals surface area contributed by atoms with Crippen LogP contribution in [0.4, 0.5) is 0 Å². The molecule has 22 heavy (non-hydrogen) atoms. The lowest BCUT2D eigenvalue weighted by atomic mass is 10.1. The van der Waals surface area contributed by atoms with Gasteiger partial charge in [-0.2, -0.15) is 0 Å². The number of hydrogen-bond donors (Lipinski definition) is 1. The van der Waals surface area contributed by atoms with Crippen LogP contribution in [0.5, 0.6) is 0 Å². The molecule has 0 aliphatic carbocycles. The number of aliphatic imine (C=N–C) groups is 1. The summed E-state index contributed by atoms with van der Waals surface area (Å²) in [5.74, 6) is 1.63. The third-order valence-electron chi connectivity index (χ3n) is 3.50. The summed E-state index contributed by atoms with van der Waals surface area (Å²) in [5, 5.41) is 3.38. The van der Waals surface area contributed by atoms with Gasteiger partial charge in [0.15, 0.2) is 5.96 Å². The average Bonchev–Trinajstić information content (AvgIpc) is 3.09. The molecule has 2 rings (SSSR count). The number of guanidine groups is 1. The summed E-state index contributed by atoms with van der Waals surface area (Å²) in [6, 6.07) is 4.26. The largest absolute Gasteiger partial charge is 0.381 e. The maximum atomic E-state index is 5.45. The number of ether oxygens (including phenoxy) is 1. The Morgan fingerprint density at radius 3 is 2.95 bits per heavy atom. The molecule has 0 radical (unpaired) electrons. The minimum absolute atomic E-state index is 0. The van der Waals surface area contributed by atoms with Gasteiger partial charge in [-0.25, -0.2) is 0 Å². The highest BCUT2D eigenvalue weighted by Crippen LogP contribution is 2.22. The highest BCUT2D eigenvalue weighted by Gasteiger charge is 2.18. The molecule has 0 bridgehead atoms. The Hall–Kier alpha value is 0.140. The molecular formula is C15H25BrIN3OS. The van der Waals surface area contributed by atoms with E-state index in [9.17, 15) is 0 Å².